The minimum Gasteiger partial charge on any atom is -0.481 e. The number of carboxylic acids is 1. The Hall–Kier alpha value is -1.31. The number of aliphatic carboxylic acids is 1. The van der Waals surface area contributed by atoms with Gasteiger partial charge in [-0.1, -0.05) is 11.8 Å². The van der Waals surface area contributed by atoms with Crippen molar-refractivity contribution >= 4 is 17.7 Å². The molecule has 0 saturated carbocycles. The van der Waals surface area contributed by atoms with Crippen molar-refractivity contribution in [3.63, 3.8) is 0 Å². The Morgan fingerprint density at radius 2 is 2.19 bits per heavy atom. The first-order chi connectivity index (χ1) is 7.30. The van der Waals surface area contributed by atoms with E-state index in [9.17, 15) is 18.0 Å². The molecule has 0 radical (unpaired) electrons. The minimum atomic E-state index is -4.62. The van der Waals surface area contributed by atoms with Crippen LogP contribution in [0.2, 0.25) is 0 Å². The topological polar surface area (TPSA) is 63.1 Å². The van der Waals surface area contributed by atoms with E-state index >= 15 is 0 Å². The molecule has 0 saturated heterocycles. The Morgan fingerprint density at radius 3 is 2.69 bits per heavy atom. The molecule has 0 unspecified atom stereocenters. The van der Waals surface area contributed by atoms with Gasteiger partial charge in [0, 0.05) is 6.20 Å². The van der Waals surface area contributed by atoms with Gasteiger partial charge >= 0.3 is 12.1 Å². The molecule has 0 spiro atoms. The predicted octanol–water partition coefficient (Wildman–Crippen LogP) is 1.98. The smallest absolute Gasteiger partial charge is 0.451 e. The zero-order chi connectivity index (χ0) is 12.3. The maximum Gasteiger partial charge on any atom is 0.451 e. The van der Waals surface area contributed by atoms with Gasteiger partial charge in [-0.2, -0.15) is 13.2 Å². The molecule has 0 aliphatic rings. The molecule has 88 valence electrons. The number of thioether (sulfide) groups is 1. The highest BCUT2D eigenvalue weighted by molar-refractivity contribution is 7.99. The summed E-state index contributed by atoms with van der Waals surface area (Å²) in [6.07, 6.45) is -3.59. The van der Waals surface area contributed by atoms with E-state index in [1.807, 2.05) is 0 Å². The summed E-state index contributed by atoms with van der Waals surface area (Å²) in [6, 6.07) is 0. The maximum absolute atomic E-state index is 12.2. The van der Waals surface area contributed by atoms with Gasteiger partial charge < -0.3 is 5.11 Å². The first kappa shape index (κ1) is 12.8. The van der Waals surface area contributed by atoms with Crippen molar-refractivity contribution in [3.05, 3.63) is 17.6 Å². The van der Waals surface area contributed by atoms with E-state index in [1.54, 1.807) is 0 Å². The van der Waals surface area contributed by atoms with Gasteiger partial charge in [0.2, 0.25) is 5.82 Å². The van der Waals surface area contributed by atoms with Crippen LogP contribution in [-0.4, -0.2) is 26.8 Å². The number of alkyl halides is 3. The molecule has 16 heavy (non-hydrogen) atoms. The predicted molar refractivity (Wildman–Crippen MR) is 50.1 cm³/mol. The molecule has 8 heteroatoms. The van der Waals surface area contributed by atoms with Gasteiger partial charge in [-0.15, -0.1) is 0 Å². The van der Waals surface area contributed by atoms with Crippen molar-refractivity contribution in [3.8, 4) is 0 Å². The Kier molecular flexibility index (Phi) is 3.74. The number of carbonyl (C=O) groups is 1. The van der Waals surface area contributed by atoms with Gasteiger partial charge in [-0.3, -0.25) is 4.79 Å². The van der Waals surface area contributed by atoms with Crippen molar-refractivity contribution < 1.29 is 23.1 Å². The normalized spacial score (nSPS) is 11.5. The number of carboxylic acid groups (broad SMARTS) is 1. The van der Waals surface area contributed by atoms with E-state index in [0.29, 0.717) is 5.56 Å². The number of nitrogens with zero attached hydrogens (tertiary/aromatic N) is 2. The largest absolute Gasteiger partial charge is 0.481 e. The fourth-order valence-electron chi connectivity index (χ4n) is 0.839. The average molecular weight is 252 g/mol. The Balaban J connectivity index is 2.95. The molecule has 0 aliphatic carbocycles. The number of hydrogen-bond acceptors (Lipinski definition) is 4. The highest BCUT2D eigenvalue weighted by atomic mass is 32.2. The average Bonchev–Trinajstić information content (AvgIpc) is 2.14. The monoisotopic (exact) mass is 252 g/mol. The highest BCUT2D eigenvalue weighted by Gasteiger charge is 2.35. The Bertz CT molecular complexity index is 409. The molecule has 1 rings (SSSR count). The number of rotatable bonds is 3. The van der Waals surface area contributed by atoms with Crippen LogP contribution in [0.15, 0.2) is 11.2 Å². The number of aryl methyl sites for hydroxylation is 1. The standard InChI is InChI=1S/C8H7F3N2O2S/c1-4-2-12-7(8(9,10)11)13-6(4)16-3-5(14)15/h2H,3H2,1H3,(H,14,15). The minimum absolute atomic E-state index is 0.0322. The summed E-state index contributed by atoms with van der Waals surface area (Å²) >= 11 is 0.735. The maximum atomic E-state index is 12.2. The molecule has 0 fully saturated rings. The van der Waals surface area contributed by atoms with Crippen molar-refractivity contribution in [1.82, 2.24) is 9.97 Å². The third-order valence-corrected chi connectivity index (χ3v) is 2.59. The summed E-state index contributed by atoms with van der Waals surface area (Å²) in [4.78, 5) is 16.7. The molecule has 0 aliphatic heterocycles. The second-order valence-corrected chi connectivity index (χ2v) is 3.83. The summed E-state index contributed by atoms with van der Waals surface area (Å²) in [5.74, 6) is -2.71. The van der Waals surface area contributed by atoms with Gasteiger partial charge in [0.15, 0.2) is 0 Å². The van der Waals surface area contributed by atoms with Crippen LogP contribution in [0.4, 0.5) is 13.2 Å². The van der Waals surface area contributed by atoms with Crippen LogP contribution < -0.4 is 0 Å². The zero-order valence-corrected chi connectivity index (χ0v) is 8.89. The van der Waals surface area contributed by atoms with E-state index in [1.165, 1.54) is 6.92 Å². The lowest BCUT2D eigenvalue weighted by Crippen LogP contribution is -2.12. The van der Waals surface area contributed by atoms with Crippen LogP contribution in [0.3, 0.4) is 0 Å². The highest BCUT2D eigenvalue weighted by Crippen LogP contribution is 2.28. The summed E-state index contributed by atoms with van der Waals surface area (Å²) in [5, 5.41) is 8.44. The lowest BCUT2D eigenvalue weighted by Gasteiger charge is -2.07. The molecule has 0 bridgehead atoms. The van der Waals surface area contributed by atoms with Gasteiger partial charge in [0.1, 0.15) is 5.03 Å². The first-order valence-corrected chi connectivity index (χ1v) is 5.04. The second kappa shape index (κ2) is 4.69. The number of aromatic nitrogens is 2. The molecule has 0 aromatic carbocycles. The molecule has 1 N–H and O–H groups in total. The molecule has 1 aromatic rings. The van der Waals surface area contributed by atoms with Crippen LogP contribution in [0.5, 0.6) is 0 Å². The van der Waals surface area contributed by atoms with E-state index in [4.69, 9.17) is 5.11 Å². The number of hydrogen-bond donors (Lipinski definition) is 1. The van der Waals surface area contributed by atoms with Crippen LogP contribution >= 0.6 is 11.8 Å². The van der Waals surface area contributed by atoms with E-state index in [2.05, 4.69) is 9.97 Å². The molecular weight excluding hydrogens is 245 g/mol. The van der Waals surface area contributed by atoms with Gasteiger partial charge in [-0.05, 0) is 12.5 Å². The second-order valence-electron chi connectivity index (χ2n) is 2.86. The third-order valence-electron chi connectivity index (χ3n) is 1.51. The summed E-state index contributed by atoms with van der Waals surface area (Å²) < 4.78 is 36.7. The first-order valence-electron chi connectivity index (χ1n) is 4.06. The summed E-state index contributed by atoms with van der Waals surface area (Å²) in [5.41, 5.74) is 0.416. The van der Waals surface area contributed by atoms with Crippen LogP contribution in [-0.2, 0) is 11.0 Å². The summed E-state index contributed by atoms with van der Waals surface area (Å²) in [7, 11) is 0. The quantitative estimate of drug-likeness (QED) is 0.658. The molecule has 0 amide bonds. The molecule has 0 atom stereocenters. The van der Waals surface area contributed by atoms with E-state index in [0.717, 1.165) is 18.0 Å². The Morgan fingerprint density at radius 1 is 1.56 bits per heavy atom. The molecule has 1 aromatic heterocycles. The Labute approximate surface area is 92.9 Å². The number of halogens is 3. The van der Waals surface area contributed by atoms with Gasteiger partial charge in [0.05, 0.1) is 5.75 Å². The molecule has 1 heterocycles. The van der Waals surface area contributed by atoms with Crippen LogP contribution in [0, 0.1) is 6.92 Å². The summed E-state index contributed by atoms with van der Waals surface area (Å²) in [6.45, 7) is 1.52. The van der Waals surface area contributed by atoms with Gasteiger partial charge in [-0.25, -0.2) is 9.97 Å². The SMILES string of the molecule is Cc1cnc(C(F)(F)F)nc1SCC(=O)O. The fraction of sp³-hybridized carbons (Fsp3) is 0.375. The van der Waals surface area contributed by atoms with E-state index < -0.39 is 18.0 Å². The van der Waals surface area contributed by atoms with Crippen LogP contribution in [0.1, 0.15) is 11.4 Å². The zero-order valence-electron chi connectivity index (χ0n) is 8.08. The van der Waals surface area contributed by atoms with E-state index in [-0.39, 0.29) is 10.8 Å². The van der Waals surface area contributed by atoms with Crippen molar-refractivity contribution in [2.45, 2.75) is 18.1 Å². The lowest BCUT2D eigenvalue weighted by molar-refractivity contribution is -0.145. The third kappa shape index (κ3) is 3.37. The van der Waals surface area contributed by atoms with Gasteiger partial charge in [0.25, 0.3) is 0 Å². The molecule has 4 nitrogen and oxygen atoms in total. The molecular formula is C8H7F3N2O2S. The van der Waals surface area contributed by atoms with Crippen molar-refractivity contribution in [2.24, 2.45) is 0 Å². The van der Waals surface area contributed by atoms with Crippen LogP contribution in [0.25, 0.3) is 0 Å². The fourth-order valence-corrected chi connectivity index (χ4v) is 1.53. The van der Waals surface area contributed by atoms with Crippen molar-refractivity contribution in [2.75, 3.05) is 5.75 Å². The lowest BCUT2D eigenvalue weighted by atomic mass is 10.4. The van der Waals surface area contributed by atoms with Crippen molar-refractivity contribution in [1.29, 1.82) is 0 Å².